The maximum absolute atomic E-state index is 13.3. The zero-order valence-corrected chi connectivity index (χ0v) is 18.7. The molecule has 2 N–H and O–H groups in total. The molecule has 0 aliphatic carbocycles. The zero-order chi connectivity index (χ0) is 18.9. The van der Waals surface area contributed by atoms with Crippen LogP contribution in [0.2, 0.25) is 0 Å². The van der Waals surface area contributed by atoms with Crippen LogP contribution in [-0.4, -0.2) is 37.6 Å². The van der Waals surface area contributed by atoms with Crippen LogP contribution in [0.1, 0.15) is 30.7 Å². The summed E-state index contributed by atoms with van der Waals surface area (Å²) in [6.45, 7) is 8.59. The Morgan fingerprint density at radius 1 is 1.30 bits per heavy atom. The quantitative estimate of drug-likeness (QED) is 0.257. The molecule has 0 unspecified atom stereocenters. The molecule has 0 bridgehead atoms. The second-order valence-corrected chi connectivity index (χ2v) is 6.13. The summed E-state index contributed by atoms with van der Waals surface area (Å²) in [5.41, 5.74) is 1.77. The second kappa shape index (κ2) is 11.8. The SMILES string of the molecule is CCNC(=NCc1nc(C)c(C)o1)NCCCN(C)c1cccc(F)c1.I. The Bertz CT molecular complexity index is 715. The van der Waals surface area contributed by atoms with Crippen LogP contribution in [0.3, 0.4) is 0 Å². The second-order valence-electron chi connectivity index (χ2n) is 6.13. The highest BCUT2D eigenvalue weighted by atomic mass is 127. The Balaban J connectivity index is 0.00000364. The molecule has 0 saturated heterocycles. The minimum absolute atomic E-state index is 0. The van der Waals surface area contributed by atoms with E-state index in [0.29, 0.717) is 12.4 Å². The number of nitrogens with zero attached hydrogens (tertiary/aromatic N) is 3. The van der Waals surface area contributed by atoms with Crippen LogP contribution in [-0.2, 0) is 6.54 Å². The van der Waals surface area contributed by atoms with Gasteiger partial charge in [-0.3, -0.25) is 0 Å². The lowest BCUT2D eigenvalue weighted by Crippen LogP contribution is -2.38. The molecule has 0 fully saturated rings. The Hall–Kier alpha value is -1.84. The van der Waals surface area contributed by atoms with E-state index in [1.165, 1.54) is 6.07 Å². The minimum Gasteiger partial charge on any atom is -0.444 e. The van der Waals surface area contributed by atoms with E-state index in [2.05, 4.69) is 20.6 Å². The average molecular weight is 489 g/mol. The third kappa shape index (κ3) is 7.74. The topological polar surface area (TPSA) is 65.7 Å². The van der Waals surface area contributed by atoms with E-state index in [-0.39, 0.29) is 29.8 Å². The molecule has 1 aromatic heterocycles. The molecular weight excluding hydrogens is 460 g/mol. The summed E-state index contributed by atoms with van der Waals surface area (Å²) in [7, 11) is 1.96. The van der Waals surface area contributed by atoms with Gasteiger partial charge in [-0.2, -0.15) is 0 Å². The van der Waals surface area contributed by atoms with E-state index < -0.39 is 0 Å². The number of aryl methyl sites for hydroxylation is 2. The van der Waals surface area contributed by atoms with Gasteiger partial charge < -0.3 is 20.0 Å². The summed E-state index contributed by atoms with van der Waals surface area (Å²) in [4.78, 5) is 10.9. The molecule has 0 amide bonds. The van der Waals surface area contributed by atoms with E-state index >= 15 is 0 Å². The first-order valence-electron chi connectivity index (χ1n) is 8.91. The van der Waals surface area contributed by atoms with Gasteiger partial charge in [0.15, 0.2) is 5.96 Å². The van der Waals surface area contributed by atoms with Crippen molar-refractivity contribution in [2.24, 2.45) is 4.99 Å². The zero-order valence-electron chi connectivity index (χ0n) is 16.4. The monoisotopic (exact) mass is 489 g/mol. The van der Waals surface area contributed by atoms with E-state index in [4.69, 9.17) is 4.42 Å². The Kier molecular flexibility index (Phi) is 10.1. The lowest BCUT2D eigenvalue weighted by Gasteiger charge is -2.19. The summed E-state index contributed by atoms with van der Waals surface area (Å²) in [6, 6.07) is 6.62. The van der Waals surface area contributed by atoms with Gasteiger partial charge in [0.25, 0.3) is 0 Å². The third-order valence-corrected chi connectivity index (χ3v) is 4.00. The Morgan fingerprint density at radius 3 is 2.70 bits per heavy atom. The van der Waals surface area contributed by atoms with Crippen molar-refractivity contribution >= 4 is 35.6 Å². The number of oxazole rings is 1. The van der Waals surface area contributed by atoms with Crippen molar-refractivity contribution in [1.82, 2.24) is 15.6 Å². The van der Waals surface area contributed by atoms with Gasteiger partial charge in [0.2, 0.25) is 5.89 Å². The highest BCUT2D eigenvalue weighted by molar-refractivity contribution is 14.0. The molecule has 0 aliphatic rings. The van der Waals surface area contributed by atoms with Crippen LogP contribution in [0.4, 0.5) is 10.1 Å². The molecule has 1 heterocycles. The molecule has 8 heteroatoms. The van der Waals surface area contributed by atoms with Crippen LogP contribution in [0, 0.1) is 19.7 Å². The number of hydrogen-bond donors (Lipinski definition) is 2. The molecule has 0 saturated carbocycles. The number of rotatable bonds is 8. The standard InChI is InChI=1S/C19H28FN5O.HI/c1-5-21-19(23-13-18-24-14(2)15(3)26-18)22-10-7-11-25(4)17-9-6-8-16(20)12-17;/h6,8-9,12H,5,7,10-11,13H2,1-4H3,(H2,21,22,23);1H. The van der Waals surface area contributed by atoms with Crippen molar-refractivity contribution in [3.05, 3.63) is 47.4 Å². The van der Waals surface area contributed by atoms with Crippen LogP contribution in [0.15, 0.2) is 33.7 Å². The lowest BCUT2D eigenvalue weighted by atomic mass is 10.2. The molecule has 6 nitrogen and oxygen atoms in total. The lowest BCUT2D eigenvalue weighted by molar-refractivity contribution is 0.473. The molecule has 1 aromatic carbocycles. The van der Waals surface area contributed by atoms with Gasteiger partial charge in [0, 0.05) is 32.4 Å². The van der Waals surface area contributed by atoms with Gasteiger partial charge >= 0.3 is 0 Å². The summed E-state index contributed by atoms with van der Waals surface area (Å²) in [5.74, 6) is 1.96. The minimum atomic E-state index is -0.217. The summed E-state index contributed by atoms with van der Waals surface area (Å²) in [6.07, 6.45) is 0.897. The first-order chi connectivity index (χ1) is 12.5. The van der Waals surface area contributed by atoms with Gasteiger partial charge in [-0.1, -0.05) is 6.07 Å². The van der Waals surface area contributed by atoms with Crippen LogP contribution in [0.5, 0.6) is 0 Å². The van der Waals surface area contributed by atoms with Crippen LogP contribution >= 0.6 is 24.0 Å². The van der Waals surface area contributed by atoms with Crippen molar-refractivity contribution in [3.63, 3.8) is 0 Å². The van der Waals surface area contributed by atoms with Gasteiger partial charge in [-0.25, -0.2) is 14.4 Å². The number of benzene rings is 1. The van der Waals surface area contributed by atoms with Gasteiger partial charge in [-0.05, 0) is 45.4 Å². The molecule has 150 valence electrons. The molecule has 0 atom stereocenters. The summed E-state index contributed by atoms with van der Waals surface area (Å²) >= 11 is 0. The molecule has 0 aliphatic heterocycles. The number of anilines is 1. The molecule has 2 rings (SSSR count). The van der Waals surface area contributed by atoms with Gasteiger partial charge in [0.05, 0.1) is 5.69 Å². The molecule has 0 spiro atoms. The van der Waals surface area contributed by atoms with Gasteiger partial charge in [-0.15, -0.1) is 24.0 Å². The number of halogens is 2. The van der Waals surface area contributed by atoms with Gasteiger partial charge in [0.1, 0.15) is 18.1 Å². The first kappa shape index (κ1) is 23.2. The summed E-state index contributed by atoms with van der Waals surface area (Å²) in [5, 5.41) is 6.51. The fourth-order valence-corrected chi connectivity index (χ4v) is 2.46. The number of hydrogen-bond acceptors (Lipinski definition) is 4. The first-order valence-corrected chi connectivity index (χ1v) is 8.91. The fraction of sp³-hybridized carbons (Fsp3) is 0.474. The number of aliphatic imine (C=N–C) groups is 1. The van der Waals surface area contributed by atoms with E-state index in [0.717, 1.165) is 49.2 Å². The van der Waals surface area contributed by atoms with Crippen LogP contribution in [0.25, 0.3) is 0 Å². The average Bonchev–Trinajstić information content (AvgIpc) is 2.94. The van der Waals surface area contributed by atoms with Crippen molar-refractivity contribution < 1.29 is 8.81 Å². The summed E-state index contributed by atoms with van der Waals surface area (Å²) < 4.78 is 18.8. The largest absolute Gasteiger partial charge is 0.444 e. The maximum Gasteiger partial charge on any atom is 0.216 e. The highest BCUT2D eigenvalue weighted by Gasteiger charge is 2.06. The smallest absolute Gasteiger partial charge is 0.216 e. The van der Waals surface area contributed by atoms with E-state index in [1.807, 2.05) is 38.8 Å². The highest BCUT2D eigenvalue weighted by Crippen LogP contribution is 2.13. The van der Waals surface area contributed by atoms with Crippen molar-refractivity contribution in [2.45, 2.75) is 33.7 Å². The third-order valence-electron chi connectivity index (χ3n) is 4.00. The van der Waals surface area contributed by atoms with Crippen molar-refractivity contribution in [3.8, 4) is 0 Å². The number of aromatic nitrogens is 1. The predicted octanol–water partition coefficient (Wildman–Crippen LogP) is 3.63. The predicted molar refractivity (Wildman–Crippen MR) is 118 cm³/mol. The molecule has 0 radical (unpaired) electrons. The van der Waals surface area contributed by atoms with Crippen molar-refractivity contribution in [1.29, 1.82) is 0 Å². The normalized spacial score (nSPS) is 11.1. The number of nitrogens with one attached hydrogen (secondary N) is 2. The van der Waals surface area contributed by atoms with Crippen molar-refractivity contribution in [2.75, 3.05) is 31.6 Å². The van der Waals surface area contributed by atoms with E-state index in [1.54, 1.807) is 12.1 Å². The Labute approximate surface area is 177 Å². The Morgan fingerprint density at radius 2 is 2.07 bits per heavy atom. The maximum atomic E-state index is 13.3. The molecular formula is C19H29FIN5O. The fourth-order valence-electron chi connectivity index (χ4n) is 2.46. The molecule has 27 heavy (non-hydrogen) atoms. The number of guanidine groups is 1. The molecule has 2 aromatic rings. The van der Waals surface area contributed by atoms with Crippen LogP contribution < -0.4 is 15.5 Å². The van der Waals surface area contributed by atoms with E-state index in [9.17, 15) is 4.39 Å².